The van der Waals surface area contributed by atoms with E-state index in [1.165, 1.54) is 0 Å². The van der Waals surface area contributed by atoms with Gasteiger partial charge in [-0.1, -0.05) is 48.5 Å². The molecular formula is C24H20N2O3. The number of hydrogen-bond donors (Lipinski definition) is 1. The Morgan fingerprint density at radius 1 is 1.07 bits per heavy atom. The molecule has 0 bridgehead atoms. The average Bonchev–Trinajstić information content (AvgIpc) is 3.02. The molecule has 3 aromatic rings. The summed E-state index contributed by atoms with van der Waals surface area (Å²) in [7, 11) is 0. The van der Waals surface area contributed by atoms with Gasteiger partial charge < -0.3 is 9.72 Å². The van der Waals surface area contributed by atoms with Crippen LogP contribution in [-0.4, -0.2) is 11.0 Å². The molecule has 5 heteroatoms. The minimum atomic E-state index is -0.414. The maximum absolute atomic E-state index is 12.7. The normalized spacial score (nSPS) is 12.2. The molecule has 144 valence electrons. The summed E-state index contributed by atoms with van der Waals surface area (Å²) >= 11 is 0. The maximum Gasteiger partial charge on any atom is 0.307 e. The van der Waals surface area contributed by atoms with Gasteiger partial charge in [-0.05, 0) is 42.5 Å². The first kappa shape index (κ1) is 18.7. The van der Waals surface area contributed by atoms with Gasteiger partial charge in [0.05, 0.1) is 0 Å². The summed E-state index contributed by atoms with van der Waals surface area (Å²) in [6, 6.07) is 17.9. The number of aromatic amines is 1. The molecular weight excluding hydrogens is 364 g/mol. The third-order valence-electron chi connectivity index (χ3n) is 5.53. The van der Waals surface area contributed by atoms with Gasteiger partial charge >= 0.3 is 5.97 Å². The monoisotopic (exact) mass is 384 g/mol. The number of aryl methyl sites for hydroxylation is 1. The van der Waals surface area contributed by atoms with Crippen molar-refractivity contribution in [1.82, 2.24) is 4.98 Å². The van der Waals surface area contributed by atoms with Crippen LogP contribution in [0.3, 0.4) is 0 Å². The second kappa shape index (κ2) is 7.40. The highest BCUT2D eigenvalue weighted by atomic mass is 16.5. The molecule has 0 radical (unpaired) electrons. The Labute approximate surface area is 168 Å². The van der Waals surface area contributed by atoms with E-state index in [0.29, 0.717) is 17.7 Å². The molecule has 0 saturated heterocycles. The first-order chi connectivity index (χ1) is 14.0. The van der Waals surface area contributed by atoms with E-state index in [1.54, 1.807) is 13.8 Å². The standard InChI is InChI=1S/C24H20N2O3/c1-14-16(15(2)26-24(28)21(14)13-25)11-12-22(27)29-23-19-9-5-3-7-17(19)18-8-4-6-10-20(18)23/h3-10,23H,11-12H2,1-2H3,(H,26,28). The number of fused-ring (bicyclic) bond motifs is 3. The minimum absolute atomic E-state index is 0.0950. The van der Waals surface area contributed by atoms with E-state index in [2.05, 4.69) is 4.98 Å². The van der Waals surface area contributed by atoms with Crippen molar-refractivity contribution in [3.63, 3.8) is 0 Å². The third-order valence-corrected chi connectivity index (χ3v) is 5.53. The van der Waals surface area contributed by atoms with Gasteiger partial charge in [0, 0.05) is 23.2 Å². The van der Waals surface area contributed by atoms with Gasteiger partial charge in [-0.15, -0.1) is 0 Å². The molecule has 0 atom stereocenters. The number of hydrogen-bond acceptors (Lipinski definition) is 4. The molecule has 4 rings (SSSR count). The van der Waals surface area contributed by atoms with Crippen LogP contribution in [0.15, 0.2) is 53.3 Å². The number of carbonyl (C=O) groups is 1. The van der Waals surface area contributed by atoms with E-state index in [9.17, 15) is 14.9 Å². The molecule has 1 N–H and O–H groups in total. The smallest absolute Gasteiger partial charge is 0.307 e. The summed E-state index contributed by atoms with van der Waals surface area (Å²) < 4.78 is 5.87. The molecule has 0 spiro atoms. The molecule has 0 unspecified atom stereocenters. The van der Waals surface area contributed by atoms with Crippen LogP contribution < -0.4 is 5.56 Å². The number of nitriles is 1. The lowest BCUT2D eigenvalue weighted by Crippen LogP contribution is -2.18. The fourth-order valence-electron chi connectivity index (χ4n) is 4.07. The van der Waals surface area contributed by atoms with E-state index in [1.807, 2.05) is 54.6 Å². The Hall–Kier alpha value is -3.65. The summed E-state index contributed by atoms with van der Waals surface area (Å²) in [5, 5.41) is 9.21. The second-order valence-electron chi connectivity index (χ2n) is 7.21. The van der Waals surface area contributed by atoms with Crippen LogP contribution in [0.5, 0.6) is 0 Å². The number of carbonyl (C=O) groups excluding carboxylic acids is 1. The zero-order valence-corrected chi connectivity index (χ0v) is 16.3. The largest absolute Gasteiger partial charge is 0.452 e. The number of aromatic nitrogens is 1. The molecule has 1 aliphatic carbocycles. The average molecular weight is 384 g/mol. The first-order valence-electron chi connectivity index (χ1n) is 9.51. The Kier molecular flexibility index (Phi) is 4.77. The van der Waals surface area contributed by atoms with Gasteiger partial charge in [0.2, 0.25) is 0 Å². The summed E-state index contributed by atoms with van der Waals surface area (Å²) in [6.07, 6.45) is 0.152. The SMILES string of the molecule is Cc1[nH]c(=O)c(C#N)c(C)c1CCC(=O)OC1c2ccccc2-c2ccccc21. The van der Waals surface area contributed by atoms with Gasteiger partial charge in [0.1, 0.15) is 11.6 Å². The van der Waals surface area contributed by atoms with Crippen molar-refractivity contribution >= 4 is 5.97 Å². The lowest BCUT2D eigenvalue weighted by atomic mass is 9.99. The molecule has 0 amide bonds. The van der Waals surface area contributed by atoms with Crippen molar-refractivity contribution < 1.29 is 9.53 Å². The predicted octanol–water partition coefficient (Wildman–Crippen LogP) is 4.11. The van der Waals surface area contributed by atoms with E-state index < -0.39 is 11.7 Å². The summed E-state index contributed by atoms with van der Waals surface area (Å²) in [6.45, 7) is 3.52. The fraction of sp³-hybridized carbons (Fsp3) is 0.208. The Balaban J connectivity index is 1.55. The van der Waals surface area contributed by atoms with E-state index in [-0.39, 0.29) is 18.0 Å². The van der Waals surface area contributed by atoms with E-state index >= 15 is 0 Å². The van der Waals surface area contributed by atoms with Crippen molar-refractivity contribution in [1.29, 1.82) is 5.26 Å². The third kappa shape index (κ3) is 3.23. The number of nitrogens with zero attached hydrogens (tertiary/aromatic N) is 1. The number of H-pyrrole nitrogens is 1. The zero-order valence-electron chi connectivity index (χ0n) is 16.3. The van der Waals surface area contributed by atoms with Gasteiger partial charge in [-0.25, -0.2) is 0 Å². The van der Waals surface area contributed by atoms with Crippen LogP contribution in [-0.2, 0) is 16.0 Å². The van der Waals surface area contributed by atoms with E-state index in [0.717, 1.165) is 27.8 Å². The van der Waals surface area contributed by atoms with Crippen LogP contribution >= 0.6 is 0 Å². The van der Waals surface area contributed by atoms with Crippen LogP contribution in [0, 0.1) is 25.2 Å². The number of ether oxygens (including phenoxy) is 1. The predicted molar refractivity (Wildman–Crippen MR) is 109 cm³/mol. The molecule has 5 nitrogen and oxygen atoms in total. The van der Waals surface area contributed by atoms with Gasteiger partial charge in [-0.2, -0.15) is 5.26 Å². The topological polar surface area (TPSA) is 83.0 Å². The molecule has 0 fully saturated rings. The lowest BCUT2D eigenvalue weighted by molar-refractivity contribution is -0.147. The highest BCUT2D eigenvalue weighted by Crippen LogP contribution is 2.45. The van der Waals surface area contributed by atoms with Crippen molar-refractivity contribution in [2.45, 2.75) is 32.8 Å². The van der Waals surface area contributed by atoms with Crippen molar-refractivity contribution in [3.05, 3.63) is 92.4 Å². The molecule has 0 aliphatic heterocycles. The van der Waals surface area contributed by atoms with E-state index in [4.69, 9.17) is 4.74 Å². The quantitative estimate of drug-likeness (QED) is 0.686. The van der Waals surface area contributed by atoms with Crippen LogP contribution in [0.25, 0.3) is 11.1 Å². The highest BCUT2D eigenvalue weighted by molar-refractivity contribution is 5.80. The molecule has 2 aromatic carbocycles. The number of esters is 1. The Morgan fingerprint density at radius 3 is 2.24 bits per heavy atom. The molecule has 1 aromatic heterocycles. The lowest BCUT2D eigenvalue weighted by Gasteiger charge is -2.16. The number of benzene rings is 2. The van der Waals surface area contributed by atoms with Gasteiger partial charge in [-0.3, -0.25) is 9.59 Å². The van der Waals surface area contributed by atoms with Crippen LogP contribution in [0.1, 0.15) is 46.0 Å². The highest BCUT2D eigenvalue weighted by Gasteiger charge is 2.30. The Morgan fingerprint density at radius 2 is 1.66 bits per heavy atom. The van der Waals surface area contributed by atoms with Crippen LogP contribution in [0.4, 0.5) is 0 Å². The fourth-order valence-corrected chi connectivity index (χ4v) is 4.07. The number of rotatable bonds is 4. The Bertz CT molecular complexity index is 1170. The number of pyridine rings is 1. The summed E-state index contributed by atoms with van der Waals surface area (Å²) in [5.74, 6) is -0.315. The summed E-state index contributed by atoms with van der Waals surface area (Å²) in [5.41, 5.74) is 5.97. The van der Waals surface area contributed by atoms with Gasteiger partial charge in [0.25, 0.3) is 5.56 Å². The summed E-state index contributed by atoms with van der Waals surface area (Å²) in [4.78, 5) is 27.2. The molecule has 0 saturated carbocycles. The van der Waals surface area contributed by atoms with Crippen LogP contribution in [0.2, 0.25) is 0 Å². The van der Waals surface area contributed by atoms with Crippen molar-refractivity contribution in [3.8, 4) is 17.2 Å². The molecule has 29 heavy (non-hydrogen) atoms. The van der Waals surface area contributed by atoms with Gasteiger partial charge in [0.15, 0.2) is 6.10 Å². The minimum Gasteiger partial charge on any atom is -0.452 e. The number of nitrogens with one attached hydrogen (secondary N) is 1. The molecule has 1 aliphatic rings. The van der Waals surface area contributed by atoms with Crippen molar-refractivity contribution in [2.75, 3.05) is 0 Å². The van der Waals surface area contributed by atoms with Crippen molar-refractivity contribution in [2.24, 2.45) is 0 Å². The maximum atomic E-state index is 12.7. The second-order valence-corrected chi connectivity index (χ2v) is 7.21. The molecule has 1 heterocycles. The first-order valence-corrected chi connectivity index (χ1v) is 9.51. The zero-order chi connectivity index (χ0) is 20.5.